The van der Waals surface area contributed by atoms with E-state index in [9.17, 15) is 4.79 Å². The van der Waals surface area contributed by atoms with Gasteiger partial charge in [-0.1, -0.05) is 11.6 Å². The van der Waals surface area contributed by atoms with E-state index in [1.54, 1.807) is 37.5 Å². The van der Waals surface area contributed by atoms with Gasteiger partial charge in [0.2, 0.25) is 0 Å². The molecule has 2 rings (SSSR count). The number of aromatic nitrogens is 3. The van der Waals surface area contributed by atoms with Gasteiger partial charge in [-0.05, 0) is 6.07 Å². The van der Waals surface area contributed by atoms with Gasteiger partial charge in [-0.3, -0.25) is 9.89 Å². The van der Waals surface area contributed by atoms with Gasteiger partial charge < -0.3 is 10.2 Å². The summed E-state index contributed by atoms with van der Waals surface area (Å²) in [5.41, 5.74) is 1.35. The Bertz CT molecular complexity index is 570. The number of hydrogen-bond acceptors (Lipinski definition) is 4. The van der Waals surface area contributed by atoms with Gasteiger partial charge >= 0.3 is 0 Å². The van der Waals surface area contributed by atoms with Crippen LogP contribution in [0.4, 0.5) is 5.82 Å². The predicted molar refractivity (Wildman–Crippen MR) is 73.2 cm³/mol. The van der Waals surface area contributed by atoms with Crippen molar-refractivity contribution in [3.63, 3.8) is 0 Å². The summed E-state index contributed by atoms with van der Waals surface area (Å²) < 4.78 is 0. The molecule has 6 nitrogen and oxygen atoms in total. The van der Waals surface area contributed by atoms with Crippen molar-refractivity contribution < 1.29 is 4.79 Å². The van der Waals surface area contributed by atoms with Crippen molar-refractivity contribution in [1.82, 2.24) is 20.1 Å². The van der Waals surface area contributed by atoms with Crippen LogP contribution in [-0.4, -0.2) is 40.1 Å². The lowest BCUT2D eigenvalue weighted by molar-refractivity contribution is 0.0785. The van der Waals surface area contributed by atoms with Crippen LogP contribution in [0.25, 0.3) is 0 Å². The van der Waals surface area contributed by atoms with E-state index in [1.165, 1.54) is 6.20 Å². The van der Waals surface area contributed by atoms with E-state index in [0.717, 1.165) is 5.56 Å². The highest BCUT2D eigenvalue weighted by Gasteiger charge is 2.16. The summed E-state index contributed by atoms with van der Waals surface area (Å²) in [7, 11) is 3.45. The highest BCUT2D eigenvalue weighted by Crippen LogP contribution is 2.20. The number of rotatable bonds is 4. The van der Waals surface area contributed by atoms with Gasteiger partial charge in [-0.15, -0.1) is 0 Å². The van der Waals surface area contributed by atoms with E-state index in [0.29, 0.717) is 22.9 Å². The number of carbonyl (C=O) groups excluding carboxylic acids is 1. The average Bonchev–Trinajstić information content (AvgIpc) is 2.91. The van der Waals surface area contributed by atoms with Gasteiger partial charge in [0.15, 0.2) is 0 Å². The van der Waals surface area contributed by atoms with Gasteiger partial charge in [-0.25, -0.2) is 4.98 Å². The lowest BCUT2D eigenvalue weighted by Crippen LogP contribution is -2.26. The molecule has 0 aliphatic heterocycles. The number of nitrogens with zero attached hydrogens (tertiary/aromatic N) is 3. The molecule has 0 spiro atoms. The molecular formula is C12H14ClN5O. The average molecular weight is 280 g/mol. The standard InChI is InChI=1S/C12H14ClN5O/c1-14-11-3-9(10(13)6-15-11)12(19)18(2)7-8-4-16-17-5-8/h3-6H,7H2,1-2H3,(H,14,15)(H,16,17). The summed E-state index contributed by atoms with van der Waals surface area (Å²) in [4.78, 5) is 17.9. The molecule has 2 aromatic heterocycles. The zero-order valence-corrected chi connectivity index (χ0v) is 11.4. The van der Waals surface area contributed by atoms with Crippen molar-refractivity contribution >= 4 is 23.3 Å². The van der Waals surface area contributed by atoms with Crippen LogP contribution in [-0.2, 0) is 6.54 Å². The fourth-order valence-electron chi connectivity index (χ4n) is 1.65. The number of nitrogens with one attached hydrogen (secondary N) is 2. The number of aromatic amines is 1. The molecule has 0 saturated carbocycles. The normalized spacial score (nSPS) is 10.3. The molecular weight excluding hydrogens is 266 g/mol. The Labute approximate surface area is 115 Å². The first-order valence-electron chi connectivity index (χ1n) is 5.68. The number of H-pyrrole nitrogens is 1. The number of pyridine rings is 1. The van der Waals surface area contributed by atoms with Gasteiger partial charge in [0.25, 0.3) is 5.91 Å². The minimum absolute atomic E-state index is 0.162. The van der Waals surface area contributed by atoms with E-state index in [1.807, 2.05) is 0 Å². The third kappa shape index (κ3) is 3.03. The lowest BCUT2D eigenvalue weighted by atomic mass is 10.2. The predicted octanol–water partition coefficient (Wildman–Crippen LogP) is 1.77. The van der Waals surface area contributed by atoms with Crippen LogP contribution in [0, 0.1) is 0 Å². The number of anilines is 1. The van der Waals surface area contributed by atoms with Crippen LogP contribution in [0.2, 0.25) is 5.02 Å². The van der Waals surface area contributed by atoms with Crippen LogP contribution in [0.3, 0.4) is 0 Å². The summed E-state index contributed by atoms with van der Waals surface area (Å²) in [6.07, 6.45) is 4.89. The second kappa shape index (κ2) is 5.71. The van der Waals surface area contributed by atoms with E-state index in [2.05, 4.69) is 20.5 Å². The Morgan fingerprint density at radius 1 is 1.53 bits per heavy atom. The topological polar surface area (TPSA) is 73.9 Å². The summed E-state index contributed by atoms with van der Waals surface area (Å²) >= 11 is 6.02. The third-order valence-electron chi connectivity index (χ3n) is 2.66. The van der Waals surface area contributed by atoms with Crippen LogP contribution >= 0.6 is 11.6 Å². The maximum Gasteiger partial charge on any atom is 0.255 e. The van der Waals surface area contributed by atoms with Crippen LogP contribution in [0.15, 0.2) is 24.7 Å². The summed E-state index contributed by atoms with van der Waals surface area (Å²) in [6, 6.07) is 1.64. The Morgan fingerprint density at radius 3 is 2.95 bits per heavy atom. The maximum absolute atomic E-state index is 12.3. The van der Waals surface area contributed by atoms with Crippen molar-refractivity contribution in [2.45, 2.75) is 6.54 Å². The van der Waals surface area contributed by atoms with Crippen molar-refractivity contribution in [3.8, 4) is 0 Å². The Hall–Kier alpha value is -2.08. The fourth-order valence-corrected chi connectivity index (χ4v) is 1.84. The molecule has 0 aromatic carbocycles. The fraction of sp³-hybridized carbons (Fsp3) is 0.250. The molecule has 0 saturated heterocycles. The first-order chi connectivity index (χ1) is 9.11. The van der Waals surface area contributed by atoms with E-state index >= 15 is 0 Å². The highest BCUT2D eigenvalue weighted by atomic mass is 35.5. The number of halogens is 1. The molecule has 2 heterocycles. The Kier molecular flexibility index (Phi) is 4.01. The lowest BCUT2D eigenvalue weighted by Gasteiger charge is -2.17. The molecule has 2 aromatic rings. The van der Waals surface area contributed by atoms with E-state index < -0.39 is 0 Å². The molecule has 0 aliphatic rings. The third-order valence-corrected chi connectivity index (χ3v) is 2.96. The minimum Gasteiger partial charge on any atom is -0.373 e. The maximum atomic E-state index is 12.3. The quantitative estimate of drug-likeness (QED) is 0.894. The molecule has 2 N–H and O–H groups in total. The molecule has 0 atom stereocenters. The summed E-state index contributed by atoms with van der Waals surface area (Å²) in [5.74, 6) is 0.439. The molecule has 0 radical (unpaired) electrons. The first kappa shape index (κ1) is 13.4. The zero-order chi connectivity index (χ0) is 13.8. The zero-order valence-electron chi connectivity index (χ0n) is 10.6. The molecule has 100 valence electrons. The molecule has 0 unspecified atom stereocenters. The number of amides is 1. The number of carbonyl (C=O) groups is 1. The van der Waals surface area contributed by atoms with Gasteiger partial charge in [0.05, 0.1) is 16.8 Å². The summed E-state index contributed by atoms with van der Waals surface area (Å²) in [6.45, 7) is 0.461. The van der Waals surface area contributed by atoms with Gasteiger partial charge in [0, 0.05) is 38.6 Å². The van der Waals surface area contributed by atoms with Crippen LogP contribution in [0.1, 0.15) is 15.9 Å². The number of hydrogen-bond donors (Lipinski definition) is 2. The van der Waals surface area contributed by atoms with E-state index in [4.69, 9.17) is 11.6 Å². The van der Waals surface area contributed by atoms with Gasteiger partial charge in [-0.2, -0.15) is 5.10 Å². The smallest absolute Gasteiger partial charge is 0.255 e. The van der Waals surface area contributed by atoms with Crippen LogP contribution in [0.5, 0.6) is 0 Å². The monoisotopic (exact) mass is 279 g/mol. The molecule has 19 heavy (non-hydrogen) atoms. The molecule has 1 amide bonds. The largest absolute Gasteiger partial charge is 0.373 e. The van der Waals surface area contributed by atoms with Crippen molar-refractivity contribution in [3.05, 3.63) is 40.8 Å². The van der Waals surface area contributed by atoms with Crippen LogP contribution < -0.4 is 5.32 Å². The van der Waals surface area contributed by atoms with E-state index in [-0.39, 0.29) is 5.91 Å². The first-order valence-corrected chi connectivity index (χ1v) is 6.06. The highest BCUT2D eigenvalue weighted by molar-refractivity contribution is 6.33. The SMILES string of the molecule is CNc1cc(C(=O)N(C)Cc2cn[nH]c2)c(Cl)cn1. The molecule has 0 bridgehead atoms. The van der Waals surface area contributed by atoms with Crippen molar-refractivity contribution in [2.75, 3.05) is 19.4 Å². The second-order valence-electron chi connectivity index (χ2n) is 4.07. The van der Waals surface area contributed by atoms with Gasteiger partial charge in [0.1, 0.15) is 5.82 Å². The van der Waals surface area contributed by atoms with Crippen molar-refractivity contribution in [1.29, 1.82) is 0 Å². The minimum atomic E-state index is -0.162. The second-order valence-corrected chi connectivity index (χ2v) is 4.47. The Balaban J connectivity index is 2.18. The Morgan fingerprint density at radius 2 is 2.32 bits per heavy atom. The molecule has 0 fully saturated rings. The molecule has 0 aliphatic carbocycles. The summed E-state index contributed by atoms with van der Waals surface area (Å²) in [5, 5.41) is 9.77. The molecule has 7 heteroatoms. The van der Waals surface area contributed by atoms with Crippen molar-refractivity contribution in [2.24, 2.45) is 0 Å².